The highest BCUT2D eigenvalue weighted by Crippen LogP contribution is 2.18. The number of carbonyl (C=O) groups is 1. The van der Waals surface area contributed by atoms with Gasteiger partial charge in [-0.1, -0.05) is 51.5 Å². The molecule has 0 saturated carbocycles. The summed E-state index contributed by atoms with van der Waals surface area (Å²) in [7, 11) is 0. The van der Waals surface area contributed by atoms with Crippen molar-refractivity contribution in [1.82, 2.24) is 0 Å². The van der Waals surface area contributed by atoms with Crippen LogP contribution in [0.15, 0.2) is 12.7 Å². The van der Waals surface area contributed by atoms with E-state index in [2.05, 4.69) is 13.5 Å². The summed E-state index contributed by atoms with van der Waals surface area (Å²) in [5.74, 6) is 0.560. The van der Waals surface area contributed by atoms with Gasteiger partial charge in [-0.2, -0.15) is 0 Å². The van der Waals surface area contributed by atoms with Gasteiger partial charge in [0.25, 0.3) is 0 Å². The van der Waals surface area contributed by atoms with Gasteiger partial charge in [0, 0.05) is 6.92 Å². The lowest BCUT2D eigenvalue weighted by molar-refractivity contribution is -0.141. The minimum Gasteiger partial charge on any atom is -0.466 e. The standard InChI is InChI=1S/C16H30O2/c1-4-6-7-8-9-10-11-12-16(5-2)13-14-18-15(3)17/h4,16H,1,5-14H2,2-3H3. The first-order chi connectivity index (χ1) is 8.70. The molecule has 0 aliphatic heterocycles. The van der Waals surface area contributed by atoms with Crippen molar-refractivity contribution >= 4 is 5.97 Å². The maximum absolute atomic E-state index is 10.7. The Hall–Kier alpha value is -0.790. The molecule has 106 valence electrons. The van der Waals surface area contributed by atoms with Crippen LogP contribution in [-0.4, -0.2) is 12.6 Å². The quantitative estimate of drug-likeness (QED) is 0.282. The van der Waals surface area contributed by atoms with Gasteiger partial charge < -0.3 is 4.74 Å². The summed E-state index contributed by atoms with van der Waals surface area (Å²) in [5.41, 5.74) is 0. The number of hydrogen-bond donors (Lipinski definition) is 0. The van der Waals surface area contributed by atoms with Crippen LogP contribution >= 0.6 is 0 Å². The van der Waals surface area contributed by atoms with Gasteiger partial charge in [-0.05, 0) is 25.2 Å². The van der Waals surface area contributed by atoms with Crippen LogP contribution < -0.4 is 0 Å². The molecule has 2 heteroatoms. The second-order valence-corrected chi connectivity index (χ2v) is 5.04. The summed E-state index contributed by atoms with van der Waals surface area (Å²) in [6, 6.07) is 0. The number of hydrogen-bond acceptors (Lipinski definition) is 2. The molecule has 0 aliphatic rings. The lowest BCUT2D eigenvalue weighted by Gasteiger charge is -2.14. The van der Waals surface area contributed by atoms with Crippen molar-refractivity contribution < 1.29 is 9.53 Å². The fourth-order valence-electron chi connectivity index (χ4n) is 2.17. The van der Waals surface area contributed by atoms with E-state index in [4.69, 9.17) is 4.74 Å². The van der Waals surface area contributed by atoms with Crippen molar-refractivity contribution in [1.29, 1.82) is 0 Å². The Morgan fingerprint density at radius 2 is 1.83 bits per heavy atom. The van der Waals surface area contributed by atoms with Crippen LogP contribution in [-0.2, 0) is 9.53 Å². The molecular weight excluding hydrogens is 224 g/mol. The Bertz CT molecular complexity index is 211. The van der Waals surface area contributed by atoms with Gasteiger partial charge in [-0.15, -0.1) is 6.58 Å². The largest absolute Gasteiger partial charge is 0.466 e. The van der Waals surface area contributed by atoms with Crippen LogP contribution in [0.1, 0.15) is 71.6 Å². The molecule has 0 aromatic rings. The van der Waals surface area contributed by atoms with Crippen LogP contribution in [0.5, 0.6) is 0 Å². The fraction of sp³-hybridized carbons (Fsp3) is 0.812. The maximum Gasteiger partial charge on any atom is 0.302 e. The minimum atomic E-state index is -0.160. The van der Waals surface area contributed by atoms with Crippen molar-refractivity contribution in [3.8, 4) is 0 Å². The normalized spacial score (nSPS) is 12.1. The van der Waals surface area contributed by atoms with Crippen LogP contribution in [0.4, 0.5) is 0 Å². The molecular formula is C16H30O2. The third-order valence-corrected chi connectivity index (χ3v) is 3.43. The molecule has 0 fully saturated rings. The highest BCUT2D eigenvalue weighted by atomic mass is 16.5. The van der Waals surface area contributed by atoms with Crippen LogP contribution in [0.2, 0.25) is 0 Å². The summed E-state index contributed by atoms with van der Waals surface area (Å²) < 4.78 is 5.00. The molecule has 0 saturated heterocycles. The molecule has 0 amide bonds. The van der Waals surface area contributed by atoms with E-state index >= 15 is 0 Å². The Morgan fingerprint density at radius 3 is 2.44 bits per heavy atom. The molecule has 0 rings (SSSR count). The van der Waals surface area contributed by atoms with E-state index in [1.54, 1.807) is 0 Å². The van der Waals surface area contributed by atoms with Crippen molar-refractivity contribution in [2.45, 2.75) is 71.6 Å². The van der Waals surface area contributed by atoms with Gasteiger partial charge in [0.05, 0.1) is 6.61 Å². The lowest BCUT2D eigenvalue weighted by atomic mass is 9.95. The highest BCUT2D eigenvalue weighted by Gasteiger charge is 2.06. The fourth-order valence-corrected chi connectivity index (χ4v) is 2.17. The average Bonchev–Trinajstić information content (AvgIpc) is 2.35. The van der Waals surface area contributed by atoms with E-state index < -0.39 is 0 Å². The number of unbranched alkanes of at least 4 members (excludes halogenated alkanes) is 5. The van der Waals surface area contributed by atoms with Gasteiger partial charge >= 0.3 is 5.97 Å². The first-order valence-corrected chi connectivity index (χ1v) is 7.45. The van der Waals surface area contributed by atoms with E-state index in [-0.39, 0.29) is 5.97 Å². The van der Waals surface area contributed by atoms with Gasteiger partial charge in [-0.3, -0.25) is 4.79 Å². The molecule has 0 aromatic heterocycles. The van der Waals surface area contributed by atoms with E-state index in [0.29, 0.717) is 6.61 Å². The minimum absolute atomic E-state index is 0.160. The summed E-state index contributed by atoms with van der Waals surface area (Å²) in [6.07, 6.45) is 13.2. The summed E-state index contributed by atoms with van der Waals surface area (Å²) in [5, 5.41) is 0. The number of allylic oxidation sites excluding steroid dienone is 1. The molecule has 0 aromatic carbocycles. The van der Waals surface area contributed by atoms with E-state index in [1.807, 2.05) is 6.08 Å². The number of carbonyl (C=O) groups excluding carboxylic acids is 1. The predicted octanol–water partition coefficient (Wildman–Crippen LogP) is 4.88. The van der Waals surface area contributed by atoms with E-state index in [1.165, 1.54) is 51.9 Å². The second kappa shape index (κ2) is 12.7. The van der Waals surface area contributed by atoms with E-state index in [0.717, 1.165) is 18.8 Å². The van der Waals surface area contributed by atoms with Crippen molar-refractivity contribution in [3.63, 3.8) is 0 Å². The third kappa shape index (κ3) is 11.7. The smallest absolute Gasteiger partial charge is 0.302 e. The van der Waals surface area contributed by atoms with Gasteiger partial charge in [0.1, 0.15) is 0 Å². The van der Waals surface area contributed by atoms with Crippen LogP contribution in [0.25, 0.3) is 0 Å². The lowest BCUT2D eigenvalue weighted by Crippen LogP contribution is -2.07. The van der Waals surface area contributed by atoms with Gasteiger partial charge in [0.15, 0.2) is 0 Å². The zero-order chi connectivity index (χ0) is 13.6. The maximum atomic E-state index is 10.7. The molecule has 0 aliphatic carbocycles. The first kappa shape index (κ1) is 17.2. The molecule has 0 heterocycles. The Kier molecular flexibility index (Phi) is 12.1. The van der Waals surface area contributed by atoms with E-state index in [9.17, 15) is 4.79 Å². The zero-order valence-corrected chi connectivity index (χ0v) is 12.2. The SMILES string of the molecule is C=CCCCCCCCC(CC)CCOC(C)=O. The molecule has 0 N–H and O–H groups in total. The molecule has 2 nitrogen and oxygen atoms in total. The highest BCUT2D eigenvalue weighted by molar-refractivity contribution is 5.65. The Labute approximate surface area is 113 Å². The summed E-state index contributed by atoms with van der Waals surface area (Å²) in [6.45, 7) is 8.03. The zero-order valence-electron chi connectivity index (χ0n) is 12.2. The number of ether oxygens (including phenoxy) is 1. The van der Waals surface area contributed by atoms with Gasteiger partial charge in [0.2, 0.25) is 0 Å². The Morgan fingerprint density at radius 1 is 1.17 bits per heavy atom. The molecule has 0 bridgehead atoms. The predicted molar refractivity (Wildman–Crippen MR) is 77.5 cm³/mol. The van der Waals surface area contributed by atoms with Crippen molar-refractivity contribution in [3.05, 3.63) is 12.7 Å². The van der Waals surface area contributed by atoms with Crippen LogP contribution in [0.3, 0.4) is 0 Å². The molecule has 18 heavy (non-hydrogen) atoms. The molecule has 1 unspecified atom stereocenters. The summed E-state index contributed by atoms with van der Waals surface area (Å²) in [4.78, 5) is 10.7. The summed E-state index contributed by atoms with van der Waals surface area (Å²) >= 11 is 0. The topological polar surface area (TPSA) is 26.3 Å². The third-order valence-electron chi connectivity index (χ3n) is 3.43. The number of esters is 1. The number of rotatable bonds is 12. The van der Waals surface area contributed by atoms with Crippen molar-refractivity contribution in [2.75, 3.05) is 6.61 Å². The van der Waals surface area contributed by atoms with Crippen molar-refractivity contribution in [2.24, 2.45) is 5.92 Å². The second-order valence-electron chi connectivity index (χ2n) is 5.04. The van der Waals surface area contributed by atoms with Crippen LogP contribution in [0, 0.1) is 5.92 Å². The van der Waals surface area contributed by atoms with Gasteiger partial charge in [-0.25, -0.2) is 0 Å². The molecule has 1 atom stereocenters. The monoisotopic (exact) mass is 254 g/mol. The average molecular weight is 254 g/mol. The Balaban J connectivity index is 3.38. The molecule has 0 spiro atoms. The molecule has 0 radical (unpaired) electrons. The first-order valence-electron chi connectivity index (χ1n) is 7.45.